The summed E-state index contributed by atoms with van der Waals surface area (Å²) in [5.41, 5.74) is 4.38. The largest absolute Gasteiger partial charge is 0.302 e. The highest BCUT2D eigenvalue weighted by Crippen LogP contribution is 2.55. The van der Waals surface area contributed by atoms with Crippen LogP contribution in [-0.2, 0) is 21.0 Å². The van der Waals surface area contributed by atoms with Crippen LogP contribution in [0.15, 0.2) is 90.3 Å². The van der Waals surface area contributed by atoms with E-state index < -0.39 is 4.87 Å². The van der Waals surface area contributed by atoms with E-state index in [9.17, 15) is 9.59 Å². The van der Waals surface area contributed by atoms with Crippen molar-refractivity contribution in [3.8, 4) is 11.3 Å². The number of benzene rings is 3. The van der Waals surface area contributed by atoms with Gasteiger partial charge in [0.25, 0.3) is 5.91 Å². The molecule has 3 aromatic carbocycles. The molecular formula is C26H19N3O2S2. The number of hydrogen-bond acceptors (Lipinski definition) is 5. The molecule has 1 saturated heterocycles. The molecule has 2 aliphatic heterocycles. The lowest BCUT2D eigenvalue weighted by Gasteiger charge is -2.33. The van der Waals surface area contributed by atoms with Crippen molar-refractivity contribution < 1.29 is 9.59 Å². The number of amides is 2. The molecule has 3 heterocycles. The minimum atomic E-state index is -1.09. The zero-order valence-electron chi connectivity index (χ0n) is 17.5. The summed E-state index contributed by atoms with van der Waals surface area (Å²) in [6.45, 7) is 0.368. The van der Waals surface area contributed by atoms with Crippen molar-refractivity contribution in [3.63, 3.8) is 0 Å². The first kappa shape index (κ1) is 20.2. The van der Waals surface area contributed by atoms with E-state index in [0.29, 0.717) is 6.54 Å². The molecular weight excluding hydrogens is 450 g/mol. The Kier molecular flexibility index (Phi) is 4.81. The Balaban J connectivity index is 1.41. The predicted octanol–water partition coefficient (Wildman–Crippen LogP) is 5.29. The molecule has 0 saturated carbocycles. The fourth-order valence-electron chi connectivity index (χ4n) is 4.55. The van der Waals surface area contributed by atoms with E-state index in [1.165, 1.54) is 11.8 Å². The summed E-state index contributed by atoms with van der Waals surface area (Å²) in [5, 5.41) is 2.88. The highest BCUT2D eigenvalue weighted by molar-refractivity contribution is 8.02. The Bertz CT molecular complexity index is 1360. The number of thioether (sulfide) groups is 1. The topological polar surface area (TPSA) is 53.5 Å². The van der Waals surface area contributed by atoms with Gasteiger partial charge in [0.1, 0.15) is 5.01 Å². The van der Waals surface area contributed by atoms with E-state index in [1.807, 2.05) is 90.3 Å². The van der Waals surface area contributed by atoms with E-state index in [1.54, 1.807) is 21.1 Å². The summed E-state index contributed by atoms with van der Waals surface area (Å²) in [5.74, 6) is 0.106. The maximum absolute atomic E-state index is 14.1. The Morgan fingerprint density at radius 3 is 2.36 bits per heavy atom. The number of aromatic nitrogens is 1. The molecule has 1 aromatic heterocycles. The first-order valence-electron chi connectivity index (χ1n) is 10.6. The summed E-state index contributed by atoms with van der Waals surface area (Å²) in [7, 11) is 0. The zero-order chi connectivity index (χ0) is 22.4. The molecule has 2 amide bonds. The number of carbonyl (C=O) groups is 2. The number of para-hydroxylation sites is 2. The molecule has 2 aliphatic rings. The van der Waals surface area contributed by atoms with Crippen LogP contribution in [0.1, 0.15) is 10.6 Å². The first-order chi connectivity index (χ1) is 16.2. The molecule has 1 unspecified atom stereocenters. The molecule has 7 heteroatoms. The highest BCUT2D eigenvalue weighted by atomic mass is 32.2. The van der Waals surface area contributed by atoms with Crippen LogP contribution in [0.25, 0.3) is 11.3 Å². The Morgan fingerprint density at radius 1 is 0.879 bits per heavy atom. The number of thiazole rings is 1. The normalized spacial score (nSPS) is 19.5. The fourth-order valence-corrected chi connectivity index (χ4v) is 6.70. The van der Waals surface area contributed by atoms with Gasteiger partial charge in [-0.1, -0.05) is 66.7 Å². The molecule has 0 N–H and O–H groups in total. The van der Waals surface area contributed by atoms with Gasteiger partial charge in [-0.25, -0.2) is 4.98 Å². The number of carbonyl (C=O) groups excluding carboxylic acids is 2. The van der Waals surface area contributed by atoms with Crippen molar-refractivity contribution in [2.45, 2.75) is 11.4 Å². The van der Waals surface area contributed by atoms with Crippen LogP contribution in [0, 0.1) is 0 Å². The van der Waals surface area contributed by atoms with Gasteiger partial charge in [0.05, 0.1) is 23.7 Å². The van der Waals surface area contributed by atoms with E-state index in [4.69, 9.17) is 4.98 Å². The third-order valence-corrected chi connectivity index (χ3v) is 8.21. The maximum atomic E-state index is 14.1. The average molecular weight is 470 g/mol. The molecule has 0 aliphatic carbocycles. The van der Waals surface area contributed by atoms with Crippen LogP contribution in [0.3, 0.4) is 0 Å². The van der Waals surface area contributed by atoms with E-state index >= 15 is 0 Å². The van der Waals surface area contributed by atoms with Crippen LogP contribution in [0.2, 0.25) is 0 Å². The minimum absolute atomic E-state index is 0.0585. The van der Waals surface area contributed by atoms with Gasteiger partial charge in [-0.15, -0.1) is 23.1 Å². The molecule has 0 radical (unpaired) electrons. The highest BCUT2D eigenvalue weighted by Gasteiger charge is 2.60. The molecule has 6 rings (SSSR count). The first-order valence-corrected chi connectivity index (χ1v) is 12.5. The number of fused-ring (bicyclic) bond motifs is 2. The van der Waals surface area contributed by atoms with Crippen molar-refractivity contribution in [2.24, 2.45) is 0 Å². The summed E-state index contributed by atoms with van der Waals surface area (Å²) in [6.07, 6.45) is 0. The number of nitrogens with zero attached hydrogens (tertiary/aromatic N) is 3. The lowest BCUT2D eigenvalue weighted by atomic mass is 10.0. The quantitative estimate of drug-likeness (QED) is 0.408. The second-order valence-corrected chi connectivity index (χ2v) is 10.0. The second kappa shape index (κ2) is 7.86. The van der Waals surface area contributed by atoms with Crippen molar-refractivity contribution >= 4 is 46.3 Å². The van der Waals surface area contributed by atoms with Crippen molar-refractivity contribution in [1.82, 2.24) is 4.98 Å². The molecule has 33 heavy (non-hydrogen) atoms. The maximum Gasteiger partial charge on any atom is 0.269 e. The summed E-state index contributed by atoms with van der Waals surface area (Å²) in [6, 6.07) is 27.3. The van der Waals surface area contributed by atoms with Crippen molar-refractivity contribution in [1.29, 1.82) is 0 Å². The van der Waals surface area contributed by atoms with Gasteiger partial charge >= 0.3 is 0 Å². The third-order valence-electron chi connectivity index (χ3n) is 5.99. The van der Waals surface area contributed by atoms with Gasteiger partial charge in [-0.3, -0.25) is 14.5 Å². The molecule has 1 fully saturated rings. The smallest absolute Gasteiger partial charge is 0.269 e. The average Bonchev–Trinajstić information content (AvgIpc) is 3.53. The molecule has 0 bridgehead atoms. The SMILES string of the molecule is O=C1CSC2(C(=O)N(Cc3nc(-c4ccccc4)cs3)c3ccccc32)N1c1ccccc1. The summed E-state index contributed by atoms with van der Waals surface area (Å²) in [4.78, 5) is 34.3. The number of rotatable bonds is 4. The van der Waals surface area contributed by atoms with Crippen LogP contribution in [0.4, 0.5) is 11.4 Å². The van der Waals surface area contributed by atoms with Crippen LogP contribution in [0.5, 0.6) is 0 Å². The van der Waals surface area contributed by atoms with Gasteiger partial charge in [0.2, 0.25) is 10.8 Å². The van der Waals surface area contributed by atoms with Crippen LogP contribution < -0.4 is 9.80 Å². The molecule has 5 nitrogen and oxygen atoms in total. The molecule has 1 spiro atoms. The standard InChI is InChI=1S/C26H19N3O2S2/c30-24-17-33-26(29(24)19-11-5-2-6-12-19)20-13-7-8-14-22(20)28(25(26)31)15-23-27-21(16-32-23)18-9-3-1-4-10-18/h1-14,16H,15,17H2. The fraction of sp³-hybridized carbons (Fsp3) is 0.115. The predicted molar refractivity (Wildman–Crippen MR) is 133 cm³/mol. The third kappa shape index (κ3) is 3.11. The van der Waals surface area contributed by atoms with Crippen molar-refractivity contribution in [2.75, 3.05) is 15.6 Å². The van der Waals surface area contributed by atoms with E-state index in [-0.39, 0.29) is 17.6 Å². The van der Waals surface area contributed by atoms with E-state index in [2.05, 4.69) is 0 Å². The molecule has 1 atom stereocenters. The van der Waals surface area contributed by atoms with Crippen molar-refractivity contribution in [3.05, 3.63) is 101 Å². The van der Waals surface area contributed by atoms with Crippen LogP contribution >= 0.6 is 23.1 Å². The summed E-state index contributed by atoms with van der Waals surface area (Å²) >= 11 is 2.94. The minimum Gasteiger partial charge on any atom is -0.302 e. The summed E-state index contributed by atoms with van der Waals surface area (Å²) < 4.78 is 0. The van der Waals surface area contributed by atoms with Gasteiger partial charge in [0, 0.05) is 22.2 Å². The lowest BCUT2D eigenvalue weighted by Crippen LogP contribution is -2.49. The van der Waals surface area contributed by atoms with E-state index in [0.717, 1.165) is 33.2 Å². The Labute approximate surface area is 199 Å². The lowest BCUT2D eigenvalue weighted by molar-refractivity contribution is -0.123. The van der Waals surface area contributed by atoms with Gasteiger partial charge in [-0.05, 0) is 18.2 Å². The molecule has 4 aromatic rings. The van der Waals surface area contributed by atoms with Crippen LogP contribution in [-0.4, -0.2) is 22.6 Å². The second-order valence-electron chi connectivity index (χ2n) is 7.90. The Morgan fingerprint density at radius 2 is 1.58 bits per heavy atom. The van der Waals surface area contributed by atoms with Gasteiger partial charge in [-0.2, -0.15) is 0 Å². The number of anilines is 2. The van der Waals surface area contributed by atoms with Gasteiger partial charge in [0.15, 0.2) is 0 Å². The Hall–Kier alpha value is -3.42. The number of hydrogen-bond donors (Lipinski definition) is 0. The monoisotopic (exact) mass is 469 g/mol. The molecule has 162 valence electrons. The van der Waals surface area contributed by atoms with Gasteiger partial charge < -0.3 is 4.90 Å². The zero-order valence-corrected chi connectivity index (χ0v) is 19.2.